The molecule has 2 N–H and O–H groups in total. The fourth-order valence-corrected chi connectivity index (χ4v) is 1.86. The number of benzene rings is 1. The Morgan fingerprint density at radius 2 is 2.07 bits per heavy atom. The molecule has 0 saturated carbocycles. The van der Waals surface area contributed by atoms with Gasteiger partial charge in [-0.05, 0) is 30.2 Å². The Balaban J connectivity index is 0.00000196. The lowest BCUT2D eigenvalue weighted by Crippen LogP contribution is -2.10. The summed E-state index contributed by atoms with van der Waals surface area (Å²) >= 11 is 3.25. The third-order valence-corrected chi connectivity index (χ3v) is 2.64. The van der Waals surface area contributed by atoms with E-state index in [0.717, 1.165) is 29.3 Å². The first kappa shape index (κ1) is 14.9. The van der Waals surface area contributed by atoms with E-state index in [0.29, 0.717) is 0 Å². The Morgan fingerprint density at radius 3 is 2.60 bits per heavy atom. The van der Waals surface area contributed by atoms with Gasteiger partial charge < -0.3 is 5.73 Å². The maximum absolute atomic E-state index is 13.0. The fourth-order valence-electron chi connectivity index (χ4n) is 1.38. The van der Waals surface area contributed by atoms with Crippen molar-refractivity contribution in [3.05, 3.63) is 34.1 Å². The van der Waals surface area contributed by atoms with Crippen LogP contribution in [0.25, 0.3) is 0 Å². The molecule has 0 bridgehead atoms. The van der Waals surface area contributed by atoms with Gasteiger partial charge in [-0.2, -0.15) is 0 Å². The van der Waals surface area contributed by atoms with Gasteiger partial charge in [-0.3, -0.25) is 0 Å². The molecule has 4 heteroatoms. The lowest BCUT2D eigenvalue weighted by Gasteiger charge is -2.11. The van der Waals surface area contributed by atoms with Gasteiger partial charge in [0.05, 0.1) is 0 Å². The van der Waals surface area contributed by atoms with Crippen LogP contribution in [-0.2, 0) is 0 Å². The van der Waals surface area contributed by atoms with Crippen molar-refractivity contribution in [2.75, 3.05) is 0 Å². The molecule has 0 fully saturated rings. The first-order chi connectivity index (χ1) is 6.63. The molecule has 0 amide bonds. The Labute approximate surface area is 105 Å². The van der Waals surface area contributed by atoms with Crippen molar-refractivity contribution in [1.82, 2.24) is 0 Å². The summed E-state index contributed by atoms with van der Waals surface area (Å²) in [4.78, 5) is 0. The lowest BCUT2D eigenvalue weighted by molar-refractivity contribution is 0.587. The summed E-state index contributed by atoms with van der Waals surface area (Å²) in [5.41, 5.74) is 6.80. The summed E-state index contributed by atoms with van der Waals surface area (Å²) in [5, 5.41) is 0. The maximum atomic E-state index is 13.0. The number of unbranched alkanes of at least 4 members (excludes halogenated alkanes) is 1. The van der Waals surface area contributed by atoms with E-state index < -0.39 is 0 Å². The molecule has 1 rings (SSSR count). The quantitative estimate of drug-likeness (QED) is 0.885. The van der Waals surface area contributed by atoms with Gasteiger partial charge in [0.1, 0.15) is 5.82 Å². The van der Waals surface area contributed by atoms with Gasteiger partial charge in [-0.15, -0.1) is 12.4 Å². The minimum Gasteiger partial charge on any atom is -0.324 e. The summed E-state index contributed by atoms with van der Waals surface area (Å²) in [7, 11) is 0. The molecular formula is C11H16BrClFN. The van der Waals surface area contributed by atoms with Crippen LogP contribution in [0.4, 0.5) is 4.39 Å². The van der Waals surface area contributed by atoms with E-state index in [1.165, 1.54) is 12.1 Å². The number of hydrogen-bond acceptors (Lipinski definition) is 1. The minimum absolute atomic E-state index is 0. The first-order valence-electron chi connectivity index (χ1n) is 4.85. The maximum Gasteiger partial charge on any atom is 0.124 e. The third-order valence-electron chi connectivity index (χ3n) is 2.18. The molecule has 0 aliphatic carbocycles. The monoisotopic (exact) mass is 295 g/mol. The largest absolute Gasteiger partial charge is 0.324 e. The molecule has 1 aromatic carbocycles. The molecule has 1 aromatic rings. The molecule has 0 aliphatic rings. The number of hydrogen-bond donors (Lipinski definition) is 1. The summed E-state index contributed by atoms with van der Waals surface area (Å²) in [5.74, 6) is -0.235. The second-order valence-electron chi connectivity index (χ2n) is 3.45. The predicted octanol–water partition coefficient (Wildman–Crippen LogP) is 4.20. The second kappa shape index (κ2) is 7.20. The highest BCUT2D eigenvalue weighted by molar-refractivity contribution is 9.10. The normalized spacial score (nSPS) is 12.0. The van der Waals surface area contributed by atoms with Gasteiger partial charge in [-0.25, -0.2) is 4.39 Å². The van der Waals surface area contributed by atoms with Crippen molar-refractivity contribution >= 4 is 28.3 Å². The molecule has 1 atom stereocenters. The van der Waals surface area contributed by atoms with Crippen LogP contribution in [0, 0.1) is 5.82 Å². The van der Waals surface area contributed by atoms with Crippen molar-refractivity contribution in [3.8, 4) is 0 Å². The summed E-state index contributed by atoms with van der Waals surface area (Å²) < 4.78 is 13.8. The Hall–Kier alpha value is -0.120. The molecule has 0 radical (unpaired) electrons. The van der Waals surface area contributed by atoms with Crippen LogP contribution in [0.5, 0.6) is 0 Å². The van der Waals surface area contributed by atoms with E-state index in [9.17, 15) is 4.39 Å². The average molecular weight is 297 g/mol. The van der Waals surface area contributed by atoms with E-state index in [1.807, 2.05) is 6.07 Å². The smallest absolute Gasteiger partial charge is 0.124 e. The standard InChI is InChI=1S/C11H15BrFN.ClH/c1-2-3-4-11(14)8-5-9(12)7-10(13)6-8;/h5-7,11H,2-4,14H2,1H3;1H/t11-;/m1./s1. The van der Waals surface area contributed by atoms with Gasteiger partial charge >= 0.3 is 0 Å². The summed E-state index contributed by atoms with van der Waals surface area (Å²) in [6.07, 6.45) is 3.10. The van der Waals surface area contributed by atoms with Crippen LogP contribution in [0.15, 0.2) is 22.7 Å². The summed E-state index contributed by atoms with van der Waals surface area (Å²) in [6, 6.07) is 4.77. The first-order valence-corrected chi connectivity index (χ1v) is 5.64. The van der Waals surface area contributed by atoms with Crippen LogP contribution < -0.4 is 5.73 Å². The van der Waals surface area contributed by atoms with Crippen molar-refractivity contribution in [3.63, 3.8) is 0 Å². The van der Waals surface area contributed by atoms with Crippen LogP contribution in [0.1, 0.15) is 37.8 Å². The lowest BCUT2D eigenvalue weighted by atomic mass is 10.0. The third kappa shape index (κ3) is 4.96. The van der Waals surface area contributed by atoms with E-state index in [1.54, 1.807) is 0 Å². The van der Waals surface area contributed by atoms with Gasteiger partial charge in [0.25, 0.3) is 0 Å². The van der Waals surface area contributed by atoms with Gasteiger partial charge in [0.15, 0.2) is 0 Å². The van der Waals surface area contributed by atoms with Crippen molar-refractivity contribution in [2.45, 2.75) is 32.2 Å². The van der Waals surface area contributed by atoms with Crippen LogP contribution in [0.2, 0.25) is 0 Å². The Bertz CT molecular complexity index is 286. The van der Waals surface area contributed by atoms with Crippen LogP contribution >= 0.6 is 28.3 Å². The molecular weight excluding hydrogens is 280 g/mol. The molecule has 0 spiro atoms. The summed E-state index contributed by atoms with van der Waals surface area (Å²) in [6.45, 7) is 2.12. The highest BCUT2D eigenvalue weighted by atomic mass is 79.9. The Kier molecular flexibility index (Phi) is 7.14. The second-order valence-corrected chi connectivity index (χ2v) is 4.37. The number of nitrogens with two attached hydrogens (primary N) is 1. The number of halogens is 3. The molecule has 0 saturated heterocycles. The minimum atomic E-state index is -0.235. The van der Waals surface area contributed by atoms with E-state index in [2.05, 4.69) is 22.9 Å². The molecule has 86 valence electrons. The molecule has 1 nitrogen and oxygen atoms in total. The molecule has 15 heavy (non-hydrogen) atoms. The van der Waals surface area contributed by atoms with Gasteiger partial charge in [-0.1, -0.05) is 35.7 Å². The predicted molar refractivity (Wildman–Crippen MR) is 67.8 cm³/mol. The van der Waals surface area contributed by atoms with Gasteiger partial charge in [0.2, 0.25) is 0 Å². The number of rotatable bonds is 4. The SMILES string of the molecule is CCCC[C@@H](N)c1cc(F)cc(Br)c1.Cl. The highest BCUT2D eigenvalue weighted by Gasteiger charge is 2.07. The van der Waals surface area contributed by atoms with Crippen molar-refractivity contribution in [1.29, 1.82) is 0 Å². The highest BCUT2D eigenvalue weighted by Crippen LogP contribution is 2.22. The molecule has 0 heterocycles. The van der Waals surface area contributed by atoms with Crippen LogP contribution in [0.3, 0.4) is 0 Å². The van der Waals surface area contributed by atoms with Crippen molar-refractivity contribution in [2.24, 2.45) is 5.73 Å². The molecule has 0 aliphatic heterocycles. The average Bonchev–Trinajstić information content (AvgIpc) is 2.12. The zero-order chi connectivity index (χ0) is 10.6. The fraction of sp³-hybridized carbons (Fsp3) is 0.455. The molecule has 0 aromatic heterocycles. The van der Waals surface area contributed by atoms with E-state index in [-0.39, 0.29) is 24.3 Å². The zero-order valence-corrected chi connectivity index (χ0v) is 11.1. The molecule has 0 unspecified atom stereocenters. The van der Waals surface area contributed by atoms with Crippen molar-refractivity contribution < 1.29 is 4.39 Å². The van der Waals surface area contributed by atoms with Crippen LogP contribution in [-0.4, -0.2) is 0 Å². The van der Waals surface area contributed by atoms with E-state index >= 15 is 0 Å². The topological polar surface area (TPSA) is 26.0 Å². The van der Waals surface area contributed by atoms with Gasteiger partial charge in [0, 0.05) is 10.5 Å². The van der Waals surface area contributed by atoms with E-state index in [4.69, 9.17) is 5.73 Å². The Morgan fingerprint density at radius 1 is 1.40 bits per heavy atom. The zero-order valence-electron chi connectivity index (χ0n) is 8.67.